The zero-order valence-corrected chi connectivity index (χ0v) is 11.4. The summed E-state index contributed by atoms with van der Waals surface area (Å²) >= 11 is 0. The molecule has 0 aliphatic rings. The quantitative estimate of drug-likeness (QED) is 0.756. The SMILES string of the molecule is Cc1cc2cc(CNC(=O)CCCC(=O)O)ccc2[nH]1. The Labute approximate surface area is 117 Å². The number of nitrogens with one attached hydrogen (secondary N) is 2. The first-order chi connectivity index (χ1) is 9.54. The van der Waals surface area contributed by atoms with Gasteiger partial charge in [0, 0.05) is 30.6 Å². The summed E-state index contributed by atoms with van der Waals surface area (Å²) in [7, 11) is 0. The highest BCUT2D eigenvalue weighted by Gasteiger charge is 2.04. The Morgan fingerprint density at radius 2 is 2.05 bits per heavy atom. The molecule has 3 N–H and O–H groups in total. The number of hydrogen-bond acceptors (Lipinski definition) is 2. The normalized spacial score (nSPS) is 10.7. The fourth-order valence-corrected chi connectivity index (χ4v) is 2.13. The lowest BCUT2D eigenvalue weighted by Gasteiger charge is -2.05. The van der Waals surface area contributed by atoms with Gasteiger partial charge < -0.3 is 15.4 Å². The second-order valence-electron chi connectivity index (χ2n) is 4.90. The molecule has 1 heterocycles. The van der Waals surface area contributed by atoms with Gasteiger partial charge in [-0.2, -0.15) is 0 Å². The molecule has 2 aromatic rings. The zero-order valence-electron chi connectivity index (χ0n) is 11.4. The number of amides is 1. The standard InChI is InChI=1S/C15H18N2O3/c1-10-7-12-8-11(5-6-13(12)17-10)9-16-14(18)3-2-4-15(19)20/h5-8,17H,2-4,9H2,1H3,(H,16,18)(H,19,20). The molecule has 0 saturated carbocycles. The number of aryl methyl sites for hydroxylation is 1. The van der Waals surface area contributed by atoms with Gasteiger partial charge in [-0.25, -0.2) is 0 Å². The van der Waals surface area contributed by atoms with Gasteiger partial charge in [-0.3, -0.25) is 9.59 Å². The lowest BCUT2D eigenvalue weighted by molar-refractivity contribution is -0.137. The molecular weight excluding hydrogens is 256 g/mol. The summed E-state index contributed by atoms with van der Waals surface area (Å²) in [6, 6.07) is 8.06. The van der Waals surface area contributed by atoms with Crippen LogP contribution >= 0.6 is 0 Å². The number of carboxylic acids is 1. The third-order valence-electron chi connectivity index (χ3n) is 3.10. The molecule has 0 spiro atoms. The maximum Gasteiger partial charge on any atom is 0.303 e. The van der Waals surface area contributed by atoms with Crippen molar-refractivity contribution in [1.29, 1.82) is 0 Å². The van der Waals surface area contributed by atoms with E-state index in [2.05, 4.69) is 16.4 Å². The van der Waals surface area contributed by atoms with Gasteiger partial charge in [0.25, 0.3) is 0 Å². The van der Waals surface area contributed by atoms with Crippen LogP contribution in [0.4, 0.5) is 0 Å². The van der Waals surface area contributed by atoms with Crippen molar-refractivity contribution < 1.29 is 14.7 Å². The van der Waals surface area contributed by atoms with Crippen LogP contribution in [0, 0.1) is 6.92 Å². The van der Waals surface area contributed by atoms with Crippen LogP contribution in [0.1, 0.15) is 30.5 Å². The van der Waals surface area contributed by atoms with Gasteiger partial charge in [-0.15, -0.1) is 0 Å². The van der Waals surface area contributed by atoms with Crippen molar-refractivity contribution in [3.63, 3.8) is 0 Å². The maximum atomic E-state index is 11.6. The molecule has 0 aliphatic heterocycles. The Morgan fingerprint density at radius 1 is 1.25 bits per heavy atom. The average Bonchev–Trinajstić information content (AvgIpc) is 2.75. The van der Waals surface area contributed by atoms with E-state index >= 15 is 0 Å². The summed E-state index contributed by atoms with van der Waals surface area (Å²) in [6.07, 6.45) is 0.650. The summed E-state index contributed by atoms with van der Waals surface area (Å²) < 4.78 is 0. The molecule has 0 unspecified atom stereocenters. The van der Waals surface area contributed by atoms with Gasteiger partial charge in [-0.05, 0) is 42.5 Å². The van der Waals surface area contributed by atoms with Crippen molar-refractivity contribution in [1.82, 2.24) is 10.3 Å². The minimum absolute atomic E-state index is 0.0298. The Balaban J connectivity index is 1.85. The molecule has 0 atom stereocenters. The van der Waals surface area contributed by atoms with E-state index < -0.39 is 5.97 Å². The van der Waals surface area contributed by atoms with Crippen molar-refractivity contribution in [3.8, 4) is 0 Å². The molecule has 106 valence electrons. The molecule has 0 saturated heterocycles. The van der Waals surface area contributed by atoms with E-state index in [4.69, 9.17) is 5.11 Å². The van der Waals surface area contributed by atoms with Gasteiger partial charge in [0.05, 0.1) is 0 Å². The molecular formula is C15H18N2O3. The first-order valence-corrected chi connectivity index (χ1v) is 6.61. The molecule has 2 rings (SSSR count). The molecule has 0 fully saturated rings. The van der Waals surface area contributed by atoms with E-state index in [9.17, 15) is 9.59 Å². The number of hydrogen-bond donors (Lipinski definition) is 3. The Morgan fingerprint density at radius 3 is 2.80 bits per heavy atom. The van der Waals surface area contributed by atoms with Crippen LogP contribution in [0.15, 0.2) is 24.3 Å². The third kappa shape index (κ3) is 3.85. The highest BCUT2D eigenvalue weighted by Crippen LogP contribution is 2.16. The molecule has 0 radical (unpaired) electrons. The fraction of sp³-hybridized carbons (Fsp3) is 0.333. The average molecular weight is 274 g/mol. The highest BCUT2D eigenvalue weighted by molar-refractivity contribution is 5.81. The topological polar surface area (TPSA) is 82.2 Å². The number of H-pyrrole nitrogens is 1. The van der Waals surface area contributed by atoms with Crippen LogP contribution in [-0.4, -0.2) is 22.0 Å². The third-order valence-corrected chi connectivity index (χ3v) is 3.10. The summed E-state index contributed by atoms with van der Waals surface area (Å²) in [5.41, 5.74) is 3.22. The van der Waals surface area contributed by atoms with E-state index in [0.29, 0.717) is 13.0 Å². The monoisotopic (exact) mass is 274 g/mol. The number of aromatic nitrogens is 1. The van der Waals surface area contributed by atoms with E-state index in [1.165, 1.54) is 0 Å². The summed E-state index contributed by atoms with van der Waals surface area (Å²) in [6.45, 7) is 2.47. The first kappa shape index (κ1) is 14.1. The minimum atomic E-state index is -0.869. The van der Waals surface area contributed by atoms with E-state index in [1.807, 2.05) is 25.1 Å². The van der Waals surface area contributed by atoms with Gasteiger partial charge in [-0.1, -0.05) is 6.07 Å². The second kappa shape index (κ2) is 6.23. The highest BCUT2D eigenvalue weighted by atomic mass is 16.4. The van der Waals surface area contributed by atoms with Gasteiger partial charge in [0.2, 0.25) is 5.91 Å². The number of rotatable bonds is 6. The lowest BCUT2D eigenvalue weighted by Crippen LogP contribution is -2.22. The van der Waals surface area contributed by atoms with Crippen molar-refractivity contribution in [2.75, 3.05) is 0 Å². The van der Waals surface area contributed by atoms with Crippen LogP contribution in [0.2, 0.25) is 0 Å². The molecule has 5 nitrogen and oxygen atoms in total. The predicted molar refractivity (Wildman–Crippen MR) is 76.4 cm³/mol. The van der Waals surface area contributed by atoms with E-state index in [1.54, 1.807) is 0 Å². The number of aromatic amines is 1. The van der Waals surface area contributed by atoms with Crippen molar-refractivity contribution in [2.24, 2.45) is 0 Å². The van der Waals surface area contributed by atoms with Crippen LogP contribution in [0.5, 0.6) is 0 Å². The Kier molecular flexibility index (Phi) is 4.40. The van der Waals surface area contributed by atoms with Crippen molar-refractivity contribution in [3.05, 3.63) is 35.5 Å². The summed E-state index contributed by atoms with van der Waals surface area (Å²) in [4.78, 5) is 25.2. The lowest BCUT2D eigenvalue weighted by atomic mass is 10.1. The number of benzene rings is 1. The van der Waals surface area contributed by atoms with Crippen molar-refractivity contribution >= 4 is 22.8 Å². The van der Waals surface area contributed by atoms with Gasteiger partial charge in [0.1, 0.15) is 0 Å². The minimum Gasteiger partial charge on any atom is -0.481 e. The van der Waals surface area contributed by atoms with E-state index in [0.717, 1.165) is 22.2 Å². The molecule has 0 bridgehead atoms. The number of carbonyl (C=O) groups excluding carboxylic acids is 1. The molecule has 0 aliphatic carbocycles. The number of aliphatic carboxylic acids is 1. The van der Waals surface area contributed by atoms with Crippen molar-refractivity contribution in [2.45, 2.75) is 32.7 Å². The molecule has 5 heteroatoms. The second-order valence-corrected chi connectivity index (χ2v) is 4.90. The molecule has 1 aromatic carbocycles. The summed E-state index contributed by atoms with van der Waals surface area (Å²) in [5, 5.41) is 12.4. The Bertz CT molecular complexity index is 631. The number of carboxylic acid groups (broad SMARTS) is 1. The zero-order chi connectivity index (χ0) is 14.5. The number of fused-ring (bicyclic) bond motifs is 1. The largest absolute Gasteiger partial charge is 0.481 e. The molecule has 20 heavy (non-hydrogen) atoms. The molecule has 1 amide bonds. The smallest absolute Gasteiger partial charge is 0.303 e. The van der Waals surface area contributed by atoms with Crippen LogP contribution in [0.3, 0.4) is 0 Å². The van der Waals surface area contributed by atoms with Crippen LogP contribution in [0.25, 0.3) is 10.9 Å². The Hall–Kier alpha value is -2.30. The van der Waals surface area contributed by atoms with E-state index in [-0.39, 0.29) is 18.7 Å². The summed E-state index contributed by atoms with van der Waals surface area (Å²) in [5.74, 6) is -0.984. The maximum absolute atomic E-state index is 11.6. The molecule has 1 aromatic heterocycles. The van der Waals surface area contributed by atoms with Crippen LogP contribution < -0.4 is 5.32 Å². The number of carbonyl (C=O) groups is 2. The first-order valence-electron chi connectivity index (χ1n) is 6.61. The van der Waals surface area contributed by atoms with Crippen LogP contribution in [-0.2, 0) is 16.1 Å². The van der Waals surface area contributed by atoms with Gasteiger partial charge >= 0.3 is 5.97 Å². The fourth-order valence-electron chi connectivity index (χ4n) is 2.13. The predicted octanol–water partition coefficient (Wildman–Crippen LogP) is 2.35. The van der Waals surface area contributed by atoms with Gasteiger partial charge in [0.15, 0.2) is 0 Å².